The standard InChI is InChI=1S/C16H28O4P2/c1-6-21(17,14(2)3)20-13-12-16(4,5)22(18,19)15-10-8-7-9-11-15/h7-11,14H,6,12-13H2,1-5H3,(H,18,19). The normalized spacial score (nSPS) is 18.0. The van der Waals surface area contributed by atoms with Gasteiger partial charge in [-0.3, -0.25) is 9.13 Å². The van der Waals surface area contributed by atoms with E-state index in [2.05, 4.69) is 0 Å². The number of rotatable bonds is 8. The molecule has 2 unspecified atom stereocenters. The third kappa shape index (κ3) is 4.32. The van der Waals surface area contributed by atoms with Gasteiger partial charge >= 0.3 is 0 Å². The highest BCUT2D eigenvalue weighted by Gasteiger charge is 2.40. The third-order valence-corrected chi connectivity index (χ3v) is 10.1. The van der Waals surface area contributed by atoms with Gasteiger partial charge in [-0.1, -0.05) is 52.8 Å². The lowest BCUT2D eigenvalue weighted by Gasteiger charge is -2.31. The van der Waals surface area contributed by atoms with E-state index in [-0.39, 0.29) is 12.3 Å². The minimum Gasteiger partial charge on any atom is -0.341 e. The van der Waals surface area contributed by atoms with Crippen molar-refractivity contribution in [3.05, 3.63) is 30.3 Å². The van der Waals surface area contributed by atoms with Gasteiger partial charge in [0.25, 0.3) is 0 Å². The molecule has 0 fully saturated rings. The first-order chi connectivity index (χ1) is 10.1. The predicted molar refractivity (Wildman–Crippen MR) is 93.8 cm³/mol. The van der Waals surface area contributed by atoms with Crippen LogP contribution in [0.25, 0.3) is 0 Å². The summed E-state index contributed by atoms with van der Waals surface area (Å²) in [6, 6.07) is 8.69. The largest absolute Gasteiger partial charge is 0.341 e. The molecule has 0 saturated carbocycles. The average Bonchev–Trinajstić information content (AvgIpc) is 2.47. The Hall–Kier alpha value is -0.400. The zero-order chi connectivity index (χ0) is 17.0. The zero-order valence-electron chi connectivity index (χ0n) is 14.2. The maximum Gasteiger partial charge on any atom is 0.235 e. The van der Waals surface area contributed by atoms with E-state index in [1.165, 1.54) is 0 Å². The van der Waals surface area contributed by atoms with Crippen LogP contribution in [-0.4, -0.2) is 28.5 Å². The van der Waals surface area contributed by atoms with E-state index in [1.54, 1.807) is 38.1 Å². The Morgan fingerprint density at radius 2 is 1.73 bits per heavy atom. The fourth-order valence-corrected chi connectivity index (χ4v) is 5.47. The van der Waals surface area contributed by atoms with E-state index in [9.17, 15) is 14.0 Å². The Balaban J connectivity index is 2.80. The lowest BCUT2D eigenvalue weighted by molar-refractivity contribution is 0.284. The number of hydrogen-bond donors (Lipinski definition) is 1. The van der Waals surface area contributed by atoms with E-state index in [0.717, 1.165) is 0 Å². The summed E-state index contributed by atoms with van der Waals surface area (Å²) in [5.41, 5.74) is -0.0318. The number of benzene rings is 1. The van der Waals surface area contributed by atoms with E-state index in [1.807, 2.05) is 26.8 Å². The molecule has 6 heteroatoms. The molecule has 0 heterocycles. The summed E-state index contributed by atoms with van der Waals surface area (Å²) in [5, 5.41) is -0.383. The highest BCUT2D eigenvalue weighted by molar-refractivity contribution is 7.67. The van der Waals surface area contributed by atoms with Crippen molar-refractivity contribution in [2.75, 3.05) is 12.8 Å². The van der Waals surface area contributed by atoms with Crippen LogP contribution in [0.15, 0.2) is 30.3 Å². The quantitative estimate of drug-likeness (QED) is 0.705. The van der Waals surface area contributed by atoms with E-state index < -0.39 is 19.9 Å². The minimum atomic E-state index is -3.53. The molecular formula is C16H28O4P2. The van der Waals surface area contributed by atoms with E-state index >= 15 is 0 Å². The van der Waals surface area contributed by atoms with Crippen LogP contribution in [0.3, 0.4) is 0 Å². The molecule has 0 amide bonds. The van der Waals surface area contributed by atoms with Crippen molar-refractivity contribution in [1.82, 2.24) is 0 Å². The lowest BCUT2D eigenvalue weighted by Crippen LogP contribution is -2.28. The van der Waals surface area contributed by atoms with Crippen LogP contribution in [0, 0.1) is 0 Å². The van der Waals surface area contributed by atoms with Crippen molar-refractivity contribution < 1.29 is 18.5 Å². The molecule has 126 valence electrons. The van der Waals surface area contributed by atoms with Crippen molar-refractivity contribution in [2.45, 2.75) is 51.9 Å². The van der Waals surface area contributed by atoms with Crippen LogP contribution in [-0.2, 0) is 13.7 Å². The first-order valence-electron chi connectivity index (χ1n) is 7.68. The van der Waals surface area contributed by atoms with Crippen LogP contribution in [0.2, 0.25) is 0 Å². The monoisotopic (exact) mass is 346 g/mol. The third-order valence-electron chi connectivity index (χ3n) is 4.18. The Morgan fingerprint density at radius 3 is 2.18 bits per heavy atom. The topological polar surface area (TPSA) is 63.6 Å². The molecule has 0 aliphatic heterocycles. The van der Waals surface area contributed by atoms with Gasteiger partial charge in [-0.05, 0) is 18.6 Å². The maximum absolute atomic E-state index is 12.8. The fraction of sp³-hybridized carbons (Fsp3) is 0.625. The van der Waals surface area contributed by atoms with Crippen molar-refractivity contribution in [1.29, 1.82) is 0 Å². The van der Waals surface area contributed by atoms with Crippen molar-refractivity contribution in [2.24, 2.45) is 0 Å². The fourth-order valence-electron chi connectivity index (χ4n) is 2.19. The summed E-state index contributed by atoms with van der Waals surface area (Å²) < 4.78 is 31.0. The van der Waals surface area contributed by atoms with Gasteiger partial charge in [0.15, 0.2) is 0 Å². The molecule has 1 aromatic rings. The molecule has 1 rings (SSSR count). The molecule has 1 N–H and O–H groups in total. The van der Waals surface area contributed by atoms with Gasteiger partial charge in [0, 0.05) is 22.3 Å². The minimum absolute atomic E-state index is 0.0318. The predicted octanol–water partition coefficient (Wildman–Crippen LogP) is 4.47. The lowest BCUT2D eigenvalue weighted by atomic mass is 10.1. The second-order valence-corrected chi connectivity index (χ2v) is 12.7. The van der Waals surface area contributed by atoms with Crippen molar-refractivity contribution >= 4 is 20.0 Å². The molecule has 2 atom stereocenters. The average molecular weight is 346 g/mol. The van der Waals surface area contributed by atoms with Crippen LogP contribution in [0.5, 0.6) is 0 Å². The molecule has 0 aliphatic rings. The summed E-state index contributed by atoms with van der Waals surface area (Å²) in [5.74, 6) is 0. The summed E-state index contributed by atoms with van der Waals surface area (Å²) in [6.07, 6.45) is 0.868. The van der Waals surface area contributed by atoms with Crippen molar-refractivity contribution in [3.8, 4) is 0 Å². The Kier molecular flexibility index (Phi) is 6.65. The highest BCUT2D eigenvalue weighted by atomic mass is 31.2. The molecule has 0 saturated heterocycles. The maximum atomic E-state index is 12.8. The Bertz CT molecular complexity index is 567. The van der Waals surface area contributed by atoms with Crippen LogP contribution >= 0.6 is 14.7 Å². The molecule has 22 heavy (non-hydrogen) atoms. The van der Waals surface area contributed by atoms with Gasteiger partial charge in [-0.2, -0.15) is 0 Å². The van der Waals surface area contributed by atoms with Crippen LogP contribution in [0.1, 0.15) is 41.0 Å². The smallest absolute Gasteiger partial charge is 0.235 e. The number of hydrogen-bond acceptors (Lipinski definition) is 3. The second-order valence-electron chi connectivity index (χ2n) is 6.44. The zero-order valence-corrected chi connectivity index (χ0v) is 15.9. The van der Waals surface area contributed by atoms with E-state index in [0.29, 0.717) is 17.9 Å². The first kappa shape index (κ1) is 19.6. The van der Waals surface area contributed by atoms with Gasteiger partial charge in [0.05, 0.1) is 6.61 Å². The Morgan fingerprint density at radius 1 is 1.18 bits per heavy atom. The molecule has 0 aromatic heterocycles. The summed E-state index contributed by atoms with van der Waals surface area (Å²) >= 11 is 0. The van der Waals surface area contributed by atoms with E-state index in [4.69, 9.17) is 4.52 Å². The molecular weight excluding hydrogens is 318 g/mol. The molecule has 4 nitrogen and oxygen atoms in total. The Labute approximate surface area is 134 Å². The first-order valence-corrected chi connectivity index (χ1v) is 11.2. The van der Waals surface area contributed by atoms with Crippen LogP contribution in [0.4, 0.5) is 0 Å². The molecule has 0 aliphatic carbocycles. The summed E-state index contributed by atoms with van der Waals surface area (Å²) in [7, 11) is -6.19. The molecule has 0 bridgehead atoms. The van der Waals surface area contributed by atoms with Gasteiger partial charge in [0.1, 0.15) is 0 Å². The molecule has 0 spiro atoms. The SMILES string of the molecule is CCP(=O)(OCCC(C)(C)P(=O)(O)c1ccccc1)C(C)C. The van der Waals surface area contributed by atoms with Gasteiger partial charge in [-0.15, -0.1) is 0 Å². The molecule has 0 radical (unpaired) electrons. The van der Waals surface area contributed by atoms with Crippen molar-refractivity contribution in [3.63, 3.8) is 0 Å². The second kappa shape index (κ2) is 7.45. The molecule has 1 aromatic carbocycles. The van der Waals surface area contributed by atoms with Gasteiger partial charge in [0.2, 0.25) is 14.7 Å². The van der Waals surface area contributed by atoms with Crippen LogP contribution < -0.4 is 5.30 Å². The summed E-state index contributed by atoms with van der Waals surface area (Å²) in [6.45, 7) is 9.37. The highest BCUT2D eigenvalue weighted by Crippen LogP contribution is 2.56. The van der Waals surface area contributed by atoms with Gasteiger partial charge in [-0.25, -0.2) is 0 Å². The van der Waals surface area contributed by atoms with Gasteiger partial charge < -0.3 is 9.42 Å². The summed E-state index contributed by atoms with van der Waals surface area (Å²) in [4.78, 5) is 10.5.